The molecule has 2 aromatic heterocycles. The zero-order valence-electron chi connectivity index (χ0n) is 11.3. The average Bonchev–Trinajstić information content (AvgIpc) is 2.99. The highest BCUT2D eigenvalue weighted by molar-refractivity contribution is 8.00. The number of rotatable bonds is 6. The second-order valence-electron chi connectivity index (χ2n) is 4.28. The van der Waals surface area contributed by atoms with Gasteiger partial charge in [-0.2, -0.15) is 0 Å². The van der Waals surface area contributed by atoms with Crippen molar-refractivity contribution >= 4 is 35.0 Å². The van der Waals surface area contributed by atoms with Gasteiger partial charge in [-0.05, 0) is 30.5 Å². The van der Waals surface area contributed by atoms with Gasteiger partial charge in [0.2, 0.25) is 5.91 Å². The summed E-state index contributed by atoms with van der Waals surface area (Å²) in [7, 11) is 0. The van der Waals surface area contributed by atoms with Gasteiger partial charge < -0.3 is 10.4 Å². The number of thiophene rings is 1. The minimum absolute atomic E-state index is 0.0210. The number of carboxylic acids is 1. The SMILES string of the molecule is CC(NC(=O)CSc1ccnc(C(=O)O)c1)c1cccs1. The van der Waals surface area contributed by atoms with Crippen molar-refractivity contribution in [1.82, 2.24) is 10.3 Å². The van der Waals surface area contributed by atoms with E-state index in [0.717, 1.165) is 4.88 Å². The molecule has 0 aliphatic rings. The van der Waals surface area contributed by atoms with Gasteiger partial charge in [-0.25, -0.2) is 9.78 Å². The monoisotopic (exact) mass is 322 g/mol. The van der Waals surface area contributed by atoms with Crippen LogP contribution in [0.3, 0.4) is 0 Å². The number of nitrogens with one attached hydrogen (secondary N) is 1. The molecule has 2 aromatic rings. The molecule has 0 aromatic carbocycles. The van der Waals surface area contributed by atoms with Crippen molar-refractivity contribution in [3.8, 4) is 0 Å². The third-order valence-electron chi connectivity index (χ3n) is 2.67. The summed E-state index contributed by atoms with van der Waals surface area (Å²) in [6.07, 6.45) is 1.43. The molecule has 0 saturated carbocycles. The highest BCUT2D eigenvalue weighted by atomic mass is 32.2. The standard InChI is InChI=1S/C14H14N2O3S2/c1-9(12-3-2-6-20-12)16-13(17)8-21-10-4-5-15-11(7-10)14(18)19/h2-7,9H,8H2,1H3,(H,16,17)(H,18,19). The Morgan fingerprint density at radius 1 is 1.48 bits per heavy atom. The molecule has 2 heterocycles. The Hall–Kier alpha value is -1.86. The van der Waals surface area contributed by atoms with Crippen LogP contribution in [0.15, 0.2) is 40.7 Å². The van der Waals surface area contributed by atoms with E-state index in [0.29, 0.717) is 4.90 Å². The largest absolute Gasteiger partial charge is 0.477 e. The molecular weight excluding hydrogens is 308 g/mol. The van der Waals surface area contributed by atoms with Gasteiger partial charge in [-0.3, -0.25) is 4.79 Å². The molecule has 1 amide bonds. The lowest BCUT2D eigenvalue weighted by molar-refractivity contribution is -0.119. The van der Waals surface area contributed by atoms with Crippen LogP contribution in [0.5, 0.6) is 0 Å². The molecule has 0 aliphatic carbocycles. The van der Waals surface area contributed by atoms with Gasteiger partial charge in [0, 0.05) is 16.0 Å². The normalized spacial score (nSPS) is 11.9. The quantitative estimate of drug-likeness (QED) is 0.800. The van der Waals surface area contributed by atoms with Crippen molar-refractivity contribution in [1.29, 1.82) is 0 Å². The maximum absolute atomic E-state index is 11.9. The summed E-state index contributed by atoms with van der Waals surface area (Å²) in [6.45, 7) is 1.93. The number of hydrogen-bond acceptors (Lipinski definition) is 5. The summed E-state index contributed by atoms with van der Waals surface area (Å²) >= 11 is 2.88. The Kier molecular flexibility index (Phi) is 5.35. The van der Waals surface area contributed by atoms with E-state index in [4.69, 9.17) is 5.11 Å². The van der Waals surface area contributed by atoms with E-state index in [2.05, 4.69) is 10.3 Å². The summed E-state index contributed by atoms with van der Waals surface area (Å²) < 4.78 is 0. The van der Waals surface area contributed by atoms with Crippen LogP contribution in [-0.2, 0) is 4.79 Å². The Morgan fingerprint density at radius 3 is 2.95 bits per heavy atom. The predicted molar refractivity (Wildman–Crippen MR) is 82.8 cm³/mol. The summed E-state index contributed by atoms with van der Waals surface area (Å²) in [5.74, 6) is -0.929. The lowest BCUT2D eigenvalue weighted by atomic mass is 10.3. The molecule has 0 bridgehead atoms. The predicted octanol–water partition coefficient (Wildman–Crippen LogP) is 2.81. The summed E-state index contributed by atoms with van der Waals surface area (Å²) in [5.41, 5.74) is -0.0210. The number of aromatic carboxylic acids is 1. The van der Waals surface area contributed by atoms with Crippen molar-refractivity contribution in [2.45, 2.75) is 17.9 Å². The van der Waals surface area contributed by atoms with E-state index in [1.54, 1.807) is 17.4 Å². The molecule has 1 unspecified atom stereocenters. The first-order valence-corrected chi connectivity index (χ1v) is 8.07. The number of carbonyl (C=O) groups excluding carboxylic acids is 1. The van der Waals surface area contributed by atoms with E-state index >= 15 is 0 Å². The number of pyridine rings is 1. The number of nitrogens with zero attached hydrogens (tertiary/aromatic N) is 1. The van der Waals surface area contributed by atoms with Crippen molar-refractivity contribution in [2.75, 3.05) is 5.75 Å². The smallest absolute Gasteiger partial charge is 0.354 e. The van der Waals surface area contributed by atoms with Crippen molar-refractivity contribution in [3.05, 3.63) is 46.4 Å². The van der Waals surface area contributed by atoms with Crippen LogP contribution >= 0.6 is 23.1 Å². The molecule has 2 rings (SSSR count). The fourth-order valence-electron chi connectivity index (χ4n) is 1.66. The van der Waals surface area contributed by atoms with Crippen molar-refractivity contribution < 1.29 is 14.7 Å². The van der Waals surface area contributed by atoms with Crippen LogP contribution in [0, 0.1) is 0 Å². The fraction of sp³-hybridized carbons (Fsp3) is 0.214. The van der Waals surface area contributed by atoms with Gasteiger partial charge in [0.15, 0.2) is 0 Å². The Morgan fingerprint density at radius 2 is 2.29 bits per heavy atom. The van der Waals surface area contributed by atoms with E-state index < -0.39 is 5.97 Å². The first-order chi connectivity index (χ1) is 10.1. The Labute approximate surface area is 130 Å². The minimum atomic E-state index is -1.08. The molecule has 0 fully saturated rings. The van der Waals surface area contributed by atoms with Gasteiger partial charge in [-0.15, -0.1) is 23.1 Å². The molecule has 21 heavy (non-hydrogen) atoms. The number of carbonyl (C=O) groups is 2. The number of hydrogen-bond donors (Lipinski definition) is 2. The van der Waals surface area contributed by atoms with E-state index in [1.807, 2.05) is 24.4 Å². The van der Waals surface area contributed by atoms with Crippen molar-refractivity contribution in [2.24, 2.45) is 0 Å². The fourth-order valence-corrected chi connectivity index (χ4v) is 3.13. The first kappa shape index (κ1) is 15.5. The van der Waals surface area contributed by atoms with E-state index in [1.165, 1.54) is 24.0 Å². The molecule has 0 aliphatic heterocycles. The third-order valence-corrected chi connectivity index (χ3v) is 4.72. The van der Waals surface area contributed by atoms with E-state index in [-0.39, 0.29) is 23.4 Å². The van der Waals surface area contributed by atoms with Crippen LogP contribution in [0.4, 0.5) is 0 Å². The van der Waals surface area contributed by atoms with E-state index in [9.17, 15) is 9.59 Å². The maximum atomic E-state index is 11.9. The molecule has 2 N–H and O–H groups in total. The number of amides is 1. The lowest BCUT2D eigenvalue weighted by Crippen LogP contribution is -2.27. The van der Waals surface area contributed by atoms with Gasteiger partial charge in [-0.1, -0.05) is 6.07 Å². The number of carboxylic acid groups (broad SMARTS) is 1. The number of aromatic nitrogens is 1. The number of thioether (sulfide) groups is 1. The van der Waals surface area contributed by atoms with Crippen LogP contribution in [-0.4, -0.2) is 27.7 Å². The maximum Gasteiger partial charge on any atom is 0.354 e. The Balaban J connectivity index is 1.86. The molecule has 110 valence electrons. The molecule has 0 radical (unpaired) electrons. The minimum Gasteiger partial charge on any atom is -0.477 e. The zero-order valence-corrected chi connectivity index (χ0v) is 12.9. The highest BCUT2D eigenvalue weighted by Gasteiger charge is 2.11. The zero-order chi connectivity index (χ0) is 15.2. The molecule has 0 spiro atoms. The topological polar surface area (TPSA) is 79.3 Å². The second-order valence-corrected chi connectivity index (χ2v) is 6.30. The molecular formula is C14H14N2O3S2. The molecule has 0 saturated heterocycles. The van der Waals surface area contributed by atoms with Gasteiger partial charge >= 0.3 is 5.97 Å². The highest BCUT2D eigenvalue weighted by Crippen LogP contribution is 2.20. The summed E-state index contributed by atoms with van der Waals surface area (Å²) in [5, 5.41) is 13.7. The summed E-state index contributed by atoms with van der Waals surface area (Å²) in [6, 6.07) is 7.05. The molecule has 7 heteroatoms. The van der Waals surface area contributed by atoms with Gasteiger partial charge in [0.05, 0.1) is 11.8 Å². The average molecular weight is 322 g/mol. The lowest BCUT2D eigenvalue weighted by Gasteiger charge is -2.11. The Bertz CT molecular complexity index is 629. The summed E-state index contributed by atoms with van der Waals surface area (Å²) in [4.78, 5) is 28.2. The molecule has 1 atom stereocenters. The first-order valence-electron chi connectivity index (χ1n) is 6.21. The van der Waals surface area contributed by atoms with Gasteiger partial charge in [0.25, 0.3) is 0 Å². The molecule has 5 nitrogen and oxygen atoms in total. The van der Waals surface area contributed by atoms with Gasteiger partial charge in [0.1, 0.15) is 5.69 Å². The van der Waals surface area contributed by atoms with Crippen LogP contribution in [0.2, 0.25) is 0 Å². The van der Waals surface area contributed by atoms with Crippen LogP contribution < -0.4 is 5.32 Å². The third kappa shape index (κ3) is 4.57. The van der Waals surface area contributed by atoms with Crippen LogP contribution in [0.25, 0.3) is 0 Å². The van der Waals surface area contributed by atoms with Crippen molar-refractivity contribution in [3.63, 3.8) is 0 Å². The second kappa shape index (κ2) is 7.24. The van der Waals surface area contributed by atoms with Crippen LogP contribution in [0.1, 0.15) is 28.3 Å².